The van der Waals surface area contributed by atoms with E-state index in [2.05, 4.69) is 22.2 Å². The van der Waals surface area contributed by atoms with E-state index in [1.165, 1.54) is 17.7 Å². The zero-order valence-electron chi connectivity index (χ0n) is 12.1. The molecule has 2 heterocycles. The topological polar surface area (TPSA) is 55.6 Å². The van der Waals surface area contributed by atoms with Crippen LogP contribution >= 0.6 is 0 Å². The van der Waals surface area contributed by atoms with Crippen molar-refractivity contribution in [1.29, 1.82) is 0 Å². The van der Waals surface area contributed by atoms with Crippen LogP contribution in [0, 0.1) is 5.92 Å². The third kappa shape index (κ3) is 2.58. The van der Waals surface area contributed by atoms with Crippen LogP contribution < -0.4 is 5.32 Å². The normalized spacial score (nSPS) is 18.0. The molecule has 1 unspecified atom stereocenters. The Kier molecular flexibility index (Phi) is 3.78. The van der Waals surface area contributed by atoms with Gasteiger partial charge in [0.2, 0.25) is 0 Å². The molecular weight excluding hydrogens is 250 g/mol. The van der Waals surface area contributed by atoms with Crippen LogP contribution in [0.3, 0.4) is 0 Å². The smallest absolute Gasteiger partial charge is 0.196 e. The summed E-state index contributed by atoms with van der Waals surface area (Å²) in [6.45, 7) is 4.29. The highest BCUT2D eigenvalue weighted by molar-refractivity contribution is 5.44. The maximum atomic E-state index is 4.72. The summed E-state index contributed by atoms with van der Waals surface area (Å²) in [5.74, 6) is 2.29. The Morgan fingerprint density at radius 1 is 1.40 bits per heavy atom. The zero-order chi connectivity index (χ0) is 13.9. The van der Waals surface area contributed by atoms with Gasteiger partial charge in [-0.15, -0.1) is 0 Å². The van der Waals surface area contributed by atoms with Gasteiger partial charge in [-0.1, -0.05) is 6.92 Å². The van der Waals surface area contributed by atoms with E-state index >= 15 is 0 Å². The van der Waals surface area contributed by atoms with Gasteiger partial charge in [0.1, 0.15) is 0 Å². The minimum Gasteiger partial charge on any atom is -0.331 e. The highest BCUT2D eigenvalue weighted by atomic mass is 15.1. The number of hydrogen-bond donors (Lipinski definition) is 1. The Morgan fingerprint density at radius 3 is 3.05 bits per heavy atom. The molecule has 2 aromatic rings. The van der Waals surface area contributed by atoms with Crippen LogP contribution in [0.25, 0.3) is 11.6 Å². The molecular formula is C15H21N5. The first-order valence-corrected chi connectivity index (χ1v) is 7.31. The number of aromatic nitrogens is 4. The molecule has 0 amide bonds. The molecule has 0 fully saturated rings. The summed E-state index contributed by atoms with van der Waals surface area (Å²) in [5.41, 5.74) is 2.50. The summed E-state index contributed by atoms with van der Waals surface area (Å²) in [6, 6.07) is 0. The molecule has 0 saturated carbocycles. The number of rotatable bonds is 4. The fourth-order valence-electron chi connectivity index (χ4n) is 2.79. The van der Waals surface area contributed by atoms with Gasteiger partial charge in [-0.2, -0.15) is 0 Å². The molecule has 2 aromatic heterocycles. The molecule has 0 radical (unpaired) electrons. The maximum absolute atomic E-state index is 4.72. The molecule has 0 aromatic carbocycles. The van der Waals surface area contributed by atoms with Crippen LogP contribution in [0.2, 0.25) is 0 Å². The van der Waals surface area contributed by atoms with Gasteiger partial charge in [0.25, 0.3) is 0 Å². The van der Waals surface area contributed by atoms with Gasteiger partial charge in [0.15, 0.2) is 11.6 Å². The Labute approximate surface area is 119 Å². The molecule has 0 bridgehead atoms. The van der Waals surface area contributed by atoms with E-state index in [0.717, 1.165) is 37.6 Å². The summed E-state index contributed by atoms with van der Waals surface area (Å²) in [6.07, 6.45) is 9.03. The van der Waals surface area contributed by atoms with Crippen molar-refractivity contribution >= 4 is 0 Å². The molecule has 5 heteroatoms. The first-order valence-electron chi connectivity index (χ1n) is 7.31. The van der Waals surface area contributed by atoms with Crippen LogP contribution in [-0.4, -0.2) is 32.6 Å². The Balaban J connectivity index is 1.80. The number of nitrogens with one attached hydrogen (secondary N) is 1. The van der Waals surface area contributed by atoms with E-state index < -0.39 is 0 Å². The first-order chi connectivity index (χ1) is 9.78. The number of aryl methyl sites for hydroxylation is 2. The van der Waals surface area contributed by atoms with Crippen molar-refractivity contribution in [1.82, 2.24) is 24.8 Å². The molecule has 0 spiro atoms. The summed E-state index contributed by atoms with van der Waals surface area (Å²) in [7, 11) is 1.97. The molecule has 1 aliphatic carbocycles. The third-order valence-electron chi connectivity index (χ3n) is 3.96. The van der Waals surface area contributed by atoms with Crippen molar-refractivity contribution in [2.24, 2.45) is 13.0 Å². The second kappa shape index (κ2) is 5.71. The van der Waals surface area contributed by atoms with Gasteiger partial charge in [-0.3, -0.25) is 0 Å². The van der Waals surface area contributed by atoms with E-state index in [0.29, 0.717) is 5.92 Å². The lowest BCUT2D eigenvalue weighted by atomic mass is 9.87. The first kappa shape index (κ1) is 13.2. The van der Waals surface area contributed by atoms with Gasteiger partial charge in [0, 0.05) is 31.3 Å². The third-order valence-corrected chi connectivity index (χ3v) is 3.96. The Hall–Kier alpha value is -1.75. The van der Waals surface area contributed by atoms with Gasteiger partial charge in [0.05, 0.1) is 0 Å². The maximum Gasteiger partial charge on any atom is 0.196 e. The van der Waals surface area contributed by atoms with Crippen LogP contribution in [0.4, 0.5) is 0 Å². The lowest BCUT2D eigenvalue weighted by Gasteiger charge is -2.23. The van der Waals surface area contributed by atoms with Crippen LogP contribution in [0.15, 0.2) is 18.6 Å². The number of hydrogen-bond acceptors (Lipinski definition) is 4. The van der Waals surface area contributed by atoms with Gasteiger partial charge in [-0.25, -0.2) is 15.0 Å². The monoisotopic (exact) mass is 271 g/mol. The van der Waals surface area contributed by atoms with Crippen molar-refractivity contribution in [3.8, 4) is 11.6 Å². The molecule has 1 aliphatic rings. The predicted octanol–water partition coefficient (Wildman–Crippen LogP) is 1.59. The van der Waals surface area contributed by atoms with Crippen molar-refractivity contribution in [2.75, 3.05) is 13.1 Å². The molecule has 3 rings (SSSR count). The van der Waals surface area contributed by atoms with E-state index in [9.17, 15) is 0 Å². The largest absolute Gasteiger partial charge is 0.331 e. The van der Waals surface area contributed by atoms with Gasteiger partial charge < -0.3 is 9.88 Å². The standard InChI is InChI=1S/C15H21N5/c1-3-16-9-11-4-5-13-12(8-11)10-18-14(19-13)15-17-6-7-20(15)2/h6-7,10-11,16H,3-5,8-9H2,1-2H3. The van der Waals surface area contributed by atoms with Gasteiger partial charge in [-0.05, 0) is 43.8 Å². The summed E-state index contributed by atoms with van der Waals surface area (Å²) < 4.78 is 1.96. The highest BCUT2D eigenvalue weighted by Gasteiger charge is 2.21. The van der Waals surface area contributed by atoms with E-state index in [-0.39, 0.29) is 0 Å². The highest BCUT2D eigenvalue weighted by Crippen LogP contribution is 2.25. The minimum absolute atomic E-state index is 0.713. The molecule has 106 valence electrons. The number of fused-ring (bicyclic) bond motifs is 1. The fraction of sp³-hybridized carbons (Fsp3) is 0.533. The molecule has 20 heavy (non-hydrogen) atoms. The average molecular weight is 271 g/mol. The van der Waals surface area contributed by atoms with E-state index in [1.807, 2.05) is 24.0 Å². The molecule has 0 saturated heterocycles. The predicted molar refractivity (Wildman–Crippen MR) is 78.3 cm³/mol. The molecule has 1 atom stereocenters. The van der Waals surface area contributed by atoms with E-state index in [4.69, 9.17) is 4.98 Å². The lowest BCUT2D eigenvalue weighted by Crippen LogP contribution is -2.27. The molecule has 5 nitrogen and oxygen atoms in total. The van der Waals surface area contributed by atoms with Crippen molar-refractivity contribution in [3.05, 3.63) is 29.8 Å². The van der Waals surface area contributed by atoms with Crippen LogP contribution in [-0.2, 0) is 19.9 Å². The Morgan fingerprint density at radius 2 is 2.30 bits per heavy atom. The second-order valence-corrected chi connectivity index (χ2v) is 5.44. The fourth-order valence-corrected chi connectivity index (χ4v) is 2.79. The number of imidazole rings is 1. The summed E-state index contributed by atoms with van der Waals surface area (Å²) in [5, 5.41) is 3.44. The number of nitrogens with zero attached hydrogens (tertiary/aromatic N) is 4. The van der Waals surface area contributed by atoms with Crippen molar-refractivity contribution in [2.45, 2.75) is 26.2 Å². The molecule has 1 N–H and O–H groups in total. The molecule has 0 aliphatic heterocycles. The van der Waals surface area contributed by atoms with E-state index in [1.54, 1.807) is 6.20 Å². The van der Waals surface area contributed by atoms with Gasteiger partial charge >= 0.3 is 0 Å². The van der Waals surface area contributed by atoms with Crippen LogP contribution in [0.5, 0.6) is 0 Å². The van der Waals surface area contributed by atoms with Crippen LogP contribution in [0.1, 0.15) is 24.6 Å². The minimum atomic E-state index is 0.713. The SMILES string of the molecule is CCNCC1CCc2nc(-c3nccn3C)ncc2C1. The second-order valence-electron chi connectivity index (χ2n) is 5.44. The summed E-state index contributed by atoms with van der Waals surface area (Å²) >= 11 is 0. The quantitative estimate of drug-likeness (QED) is 0.917. The summed E-state index contributed by atoms with van der Waals surface area (Å²) in [4.78, 5) is 13.5. The average Bonchev–Trinajstić information content (AvgIpc) is 2.90. The lowest BCUT2D eigenvalue weighted by molar-refractivity contribution is 0.424. The Bertz CT molecular complexity index is 590. The van der Waals surface area contributed by atoms with Crippen molar-refractivity contribution in [3.63, 3.8) is 0 Å². The van der Waals surface area contributed by atoms with Crippen molar-refractivity contribution < 1.29 is 0 Å². The zero-order valence-corrected chi connectivity index (χ0v) is 12.1.